The van der Waals surface area contributed by atoms with Crippen LogP contribution < -0.4 is 10.6 Å². The molecule has 4 heteroatoms. The first-order chi connectivity index (χ1) is 10.1. The molecule has 0 aliphatic heterocycles. The molecular formula is C17H20F2N2. The maximum absolute atomic E-state index is 14.1. The molecule has 0 fully saturated rings. The smallest absolute Gasteiger partial charge is 0.164 e. The van der Waals surface area contributed by atoms with Crippen LogP contribution in [0.1, 0.15) is 24.1 Å². The molecule has 0 heterocycles. The average Bonchev–Trinajstić information content (AvgIpc) is 2.48. The van der Waals surface area contributed by atoms with Crippen LogP contribution in [-0.2, 0) is 0 Å². The summed E-state index contributed by atoms with van der Waals surface area (Å²) in [6, 6.07) is 11.7. The standard InChI is InChI=1S/C17H20F2N2/c1-3-21(13-7-4-6-12(2)10-13)16(11-20)14-8-5-9-15(18)17(14)19/h4-10,16H,3,11,20H2,1-2H3. The Kier molecular flexibility index (Phi) is 4.91. The van der Waals surface area contributed by atoms with Gasteiger partial charge in [-0.3, -0.25) is 0 Å². The Morgan fingerprint density at radius 3 is 2.48 bits per heavy atom. The number of likely N-dealkylation sites (N-methyl/N-ethyl adjacent to an activating group) is 1. The molecule has 2 nitrogen and oxygen atoms in total. The summed E-state index contributed by atoms with van der Waals surface area (Å²) in [5.41, 5.74) is 8.20. The lowest BCUT2D eigenvalue weighted by Crippen LogP contribution is -2.34. The van der Waals surface area contributed by atoms with Crippen LogP contribution in [0.5, 0.6) is 0 Å². The molecule has 0 amide bonds. The monoisotopic (exact) mass is 290 g/mol. The van der Waals surface area contributed by atoms with Gasteiger partial charge in [-0.25, -0.2) is 8.78 Å². The lowest BCUT2D eigenvalue weighted by atomic mass is 10.0. The molecule has 21 heavy (non-hydrogen) atoms. The Hall–Kier alpha value is -1.94. The van der Waals surface area contributed by atoms with Gasteiger partial charge >= 0.3 is 0 Å². The minimum atomic E-state index is -0.841. The van der Waals surface area contributed by atoms with E-state index in [0.717, 1.165) is 17.3 Å². The van der Waals surface area contributed by atoms with E-state index >= 15 is 0 Å². The van der Waals surface area contributed by atoms with Crippen molar-refractivity contribution in [2.45, 2.75) is 19.9 Å². The number of nitrogens with zero attached hydrogens (tertiary/aromatic N) is 1. The highest BCUT2D eigenvalue weighted by molar-refractivity contribution is 5.51. The molecule has 0 aliphatic rings. The largest absolute Gasteiger partial charge is 0.363 e. The van der Waals surface area contributed by atoms with E-state index in [1.807, 2.05) is 43.0 Å². The van der Waals surface area contributed by atoms with Crippen molar-refractivity contribution in [2.24, 2.45) is 5.73 Å². The SMILES string of the molecule is CCN(c1cccc(C)c1)C(CN)c1cccc(F)c1F. The summed E-state index contributed by atoms with van der Waals surface area (Å²) >= 11 is 0. The van der Waals surface area contributed by atoms with Gasteiger partial charge in [-0.05, 0) is 37.6 Å². The molecule has 2 aromatic rings. The summed E-state index contributed by atoms with van der Waals surface area (Å²) in [5, 5.41) is 0. The van der Waals surface area contributed by atoms with Crippen LogP contribution in [0.4, 0.5) is 14.5 Å². The zero-order valence-electron chi connectivity index (χ0n) is 12.3. The Morgan fingerprint density at radius 1 is 1.14 bits per heavy atom. The summed E-state index contributed by atoms with van der Waals surface area (Å²) in [6.45, 7) is 4.84. The summed E-state index contributed by atoms with van der Waals surface area (Å²) in [5.74, 6) is -1.66. The fraction of sp³-hybridized carbons (Fsp3) is 0.294. The van der Waals surface area contributed by atoms with Gasteiger partial charge in [0, 0.05) is 24.3 Å². The Bertz CT molecular complexity index is 613. The van der Waals surface area contributed by atoms with E-state index < -0.39 is 17.7 Å². The van der Waals surface area contributed by atoms with Crippen molar-refractivity contribution in [2.75, 3.05) is 18.0 Å². The van der Waals surface area contributed by atoms with Crippen molar-refractivity contribution in [3.05, 3.63) is 65.2 Å². The Labute approximate surface area is 124 Å². The fourth-order valence-electron chi connectivity index (χ4n) is 2.59. The van der Waals surface area contributed by atoms with Crippen molar-refractivity contribution < 1.29 is 8.78 Å². The number of benzene rings is 2. The number of rotatable bonds is 5. The van der Waals surface area contributed by atoms with Gasteiger partial charge in [0.1, 0.15) is 0 Å². The number of hydrogen-bond donors (Lipinski definition) is 1. The predicted molar refractivity (Wildman–Crippen MR) is 82.4 cm³/mol. The van der Waals surface area contributed by atoms with Gasteiger partial charge in [-0.15, -0.1) is 0 Å². The molecular weight excluding hydrogens is 270 g/mol. The van der Waals surface area contributed by atoms with Gasteiger partial charge in [0.25, 0.3) is 0 Å². The molecule has 0 aliphatic carbocycles. The van der Waals surface area contributed by atoms with E-state index in [0.29, 0.717) is 12.1 Å². The van der Waals surface area contributed by atoms with Crippen LogP contribution in [0.15, 0.2) is 42.5 Å². The molecule has 0 spiro atoms. The second kappa shape index (κ2) is 6.68. The maximum atomic E-state index is 14.1. The van der Waals surface area contributed by atoms with Crippen molar-refractivity contribution in [3.63, 3.8) is 0 Å². The van der Waals surface area contributed by atoms with Crippen LogP contribution >= 0.6 is 0 Å². The molecule has 0 aromatic heterocycles. The first kappa shape index (κ1) is 15.4. The molecule has 2 aromatic carbocycles. The lowest BCUT2D eigenvalue weighted by Gasteiger charge is -2.33. The van der Waals surface area contributed by atoms with E-state index in [-0.39, 0.29) is 6.54 Å². The van der Waals surface area contributed by atoms with Gasteiger partial charge < -0.3 is 10.6 Å². The Morgan fingerprint density at radius 2 is 1.86 bits per heavy atom. The van der Waals surface area contributed by atoms with Crippen molar-refractivity contribution in [1.29, 1.82) is 0 Å². The molecule has 2 rings (SSSR count). The van der Waals surface area contributed by atoms with Gasteiger partial charge in [0.15, 0.2) is 11.6 Å². The topological polar surface area (TPSA) is 29.3 Å². The summed E-state index contributed by atoms with van der Waals surface area (Å²) in [4.78, 5) is 1.99. The fourth-order valence-corrected chi connectivity index (χ4v) is 2.59. The first-order valence-corrected chi connectivity index (χ1v) is 7.05. The minimum Gasteiger partial charge on any atom is -0.363 e. The van der Waals surface area contributed by atoms with Gasteiger partial charge in [-0.1, -0.05) is 24.3 Å². The predicted octanol–water partition coefficient (Wildman–Crippen LogP) is 3.80. The van der Waals surface area contributed by atoms with Crippen molar-refractivity contribution in [1.82, 2.24) is 0 Å². The molecule has 0 saturated carbocycles. The lowest BCUT2D eigenvalue weighted by molar-refractivity contribution is 0.483. The second-order valence-electron chi connectivity index (χ2n) is 5.02. The quantitative estimate of drug-likeness (QED) is 0.907. The highest BCUT2D eigenvalue weighted by Gasteiger charge is 2.23. The normalized spacial score (nSPS) is 12.2. The number of hydrogen-bond acceptors (Lipinski definition) is 2. The molecule has 1 atom stereocenters. The maximum Gasteiger partial charge on any atom is 0.164 e. The van der Waals surface area contributed by atoms with Gasteiger partial charge in [-0.2, -0.15) is 0 Å². The van der Waals surface area contributed by atoms with E-state index in [1.165, 1.54) is 6.07 Å². The number of aryl methyl sites for hydroxylation is 1. The number of nitrogens with two attached hydrogens (primary N) is 1. The van der Waals surface area contributed by atoms with E-state index in [1.54, 1.807) is 6.07 Å². The van der Waals surface area contributed by atoms with Crippen LogP contribution in [0.2, 0.25) is 0 Å². The van der Waals surface area contributed by atoms with E-state index in [4.69, 9.17) is 5.73 Å². The van der Waals surface area contributed by atoms with Crippen molar-refractivity contribution in [3.8, 4) is 0 Å². The third-order valence-electron chi connectivity index (χ3n) is 3.61. The summed E-state index contributed by atoms with van der Waals surface area (Å²) in [6.07, 6.45) is 0. The van der Waals surface area contributed by atoms with Gasteiger partial charge in [0.2, 0.25) is 0 Å². The van der Waals surface area contributed by atoms with Crippen LogP contribution in [0.25, 0.3) is 0 Å². The zero-order chi connectivity index (χ0) is 15.4. The van der Waals surface area contributed by atoms with Crippen LogP contribution in [0.3, 0.4) is 0 Å². The minimum absolute atomic E-state index is 0.210. The molecule has 0 saturated heterocycles. The molecule has 0 radical (unpaired) electrons. The highest BCUT2D eigenvalue weighted by Crippen LogP contribution is 2.29. The van der Waals surface area contributed by atoms with E-state index in [2.05, 4.69) is 0 Å². The van der Waals surface area contributed by atoms with Gasteiger partial charge in [0.05, 0.1) is 6.04 Å². The number of halogens is 2. The Balaban J connectivity index is 2.45. The summed E-state index contributed by atoms with van der Waals surface area (Å²) < 4.78 is 27.5. The number of anilines is 1. The molecule has 2 N–H and O–H groups in total. The third kappa shape index (κ3) is 3.22. The van der Waals surface area contributed by atoms with E-state index in [9.17, 15) is 8.78 Å². The van der Waals surface area contributed by atoms with Crippen molar-refractivity contribution >= 4 is 5.69 Å². The van der Waals surface area contributed by atoms with Crippen LogP contribution in [0, 0.1) is 18.6 Å². The van der Waals surface area contributed by atoms with Crippen LogP contribution in [-0.4, -0.2) is 13.1 Å². The molecule has 1 unspecified atom stereocenters. The average molecular weight is 290 g/mol. The third-order valence-corrected chi connectivity index (χ3v) is 3.61. The second-order valence-corrected chi connectivity index (χ2v) is 5.02. The first-order valence-electron chi connectivity index (χ1n) is 7.05. The highest BCUT2D eigenvalue weighted by atomic mass is 19.2. The molecule has 112 valence electrons. The summed E-state index contributed by atoms with van der Waals surface area (Å²) in [7, 11) is 0. The zero-order valence-corrected chi connectivity index (χ0v) is 12.3. The molecule has 0 bridgehead atoms.